The molecule has 0 aliphatic carbocycles. The number of hydrogen-bond donors (Lipinski definition) is 2. The maximum absolute atomic E-state index is 12.2. The lowest BCUT2D eigenvalue weighted by Gasteiger charge is -2.13. The molecular weight excluding hydrogens is 414 g/mol. The Balaban J connectivity index is 1.56. The van der Waals surface area contributed by atoms with Crippen molar-refractivity contribution in [3.05, 3.63) is 76.6 Å². The summed E-state index contributed by atoms with van der Waals surface area (Å²) in [5.41, 5.74) is 5.00. The van der Waals surface area contributed by atoms with E-state index in [1.807, 2.05) is 25.1 Å². The van der Waals surface area contributed by atoms with Gasteiger partial charge in [-0.25, -0.2) is 4.68 Å². The quantitative estimate of drug-likeness (QED) is 0.458. The van der Waals surface area contributed by atoms with Crippen molar-refractivity contribution in [3.8, 4) is 0 Å². The van der Waals surface area contributed by atoms with Gasteiger partial charge in [-0.15, -0.1) is 10.2 Å². The molecule has 2 aromatic carbocycles. The second kappa shape index (κ2) is 9.68. The Morgan fingerprint density at radius 1 is 1.11 bits per heavy atom. The van der Waals surface area contributed by atoms with Gasteiger partial charge in [0.1, 0.15) is 5.82 Å². The lowest BCUT2D eigenvalue weighted by molar-refractivity contribution is -0.119. The molecule has 0 fully saturated rings. The molecule has 0 aliphatic heterocycles. The number of nitrogens with zero attached hydrogens (tertiary/aromatic N) is 3. The third-order valence-electron chi connectivity index (χ3n) is 3.75. The van der Waals surface area contributed by atoms with Crippen molar-refractivity contribution in [2.45, 2.75) is 24.3 Å². The van der Waals surface area contributed by atoms with Crippen LogP contribution in [0, 0.1) is 6.92 Å². The SMILES string of the molecule is Cc1nnc(SCc2ccccc2)n1NC(=S)NC(=O)Cc1ccc(Cl)cc1. The highest BCUT2D eigenvalue weighted by Crippen LogP contribution is 2.20. The van der Waals surface area contributed by atoms with Gasteiger partial charge in [0.15, 0.2) is 5.11 Å². The van der Waals surface area contributed by atoms with E-state index in [2.05, 4.69) is 33.1 Å². The van der Waals surface area contributed by atoms with Crippen molar-refractivity contribution < 1.29 is 4.79 Å². The third kappa shape index (κ3) is 5.79. The van der Waals surface area contributed by atoms with E-state index in [1.54, 1.807) is 28.9 Å². The number of amides is 1. The molecule has 1 amide bonds. The van der Waals surface area contributed by atoms with Crippen LogP contribution in [0.3, 0.4) is 0 Å². The average molecular weight is 432 g/mol. The van der Waals surface area contributed by atoms with Crippen molar-refractivity contribution in [2.24, 2.45) is 0 Å². The molecule has 0 atom stereocenters. The van der Waals surface area contributed by atoms with Crippen molar-refractivity contribution >= 4 is 46.6 Å². The van der Waals surface area contributed by atoms with Crippen LogP contribution in [0.25, 0.3) is 0 Å². The van der Waals surface area contributed by atoms with E-state index in [0.29, 0.717) is 16.0 Å². The monoisotopic (exact) mass is 431 g/mol. The fourth-order valence-electron chi connectivity index (χ4n) is 2.38. The summed E-state index contributed by atoms with van der Waals surface area (Å²) in [4.78, 5) is 12.2. The van der Waals surface area contributed by atoms with Crippen molar-refractivity contribution in [3.63, 3.8) is 0 Å². The van der Waals surface area contributed by atoms with Crippen LogP contribution in [0.5, 0.6) is 0 Å². The van der Waals surface area contributed by atoms with Gasteiger partial charge in [-0.2, -0.15) is 0 Å². The lowest BCUT2D eigenvalue weighted by Crippen LogP contribution is -2.39. The van der Waals surface area contributed by atoms with Gasteiger partial charge in [0.25, 0.3) is 0 Å². The minimum absolute atomic E-state index is 0.184. The van der Waals surface area contributed by atoms with Crippen LogP contribution in [-0.2, 0) is 17.0 Å². The number of aromatic nitrogens is 3. The summed E-state index contributed by atoms with van der Waals surface area (Å²) in [5.74, 6) is 1.17. The van der Waals surface area contributed by atoms with E-state index in [9.17, 15) is 4.79 Å². The lowest BCUT2D eigenvalue weighted by atomic mass is 10.1. The number of halogens is 1. The van der Waals surface area contributed by atoms with E-state index in [-0.39, 0.29) is 17.4 Å². The summed E-state index contributed by atoms with van der Waals surface area (Å²) in [5, 5.41) is 12.4. The molecule has 0 spiro atoms. The number of rotatable bonds is 6. The minimum atomic E-state index is -0.218. The normalized spacial score (nSPS) is 10.5. The second-order valence-electron chi connectivity index (χ2n) is 5.93. The van der Waals surface area contributed by atoms with Gasteiger partial charge >= 0.3 is 0 Å². The highest BCUT2D eigenvalue weighted by Gasteiger charge is 2.13. The van der Waals surface area contributed by atoms with Gasteiger partial charge < -0.3 is 5.32 Å². The maximum atomic E-state index is 12.2. The summed E-state index contributed by atoms with van der Waals surface area (Å²) in [6, 6.07) is 17.2. The number of thiocarbonyl (C=S) groups is 1. The van der Waals surface area contributed by atoms with E-state index in [1.165, 1.54) is 17.3 Å². The molecular formula is C19H18ClN5OS2. The third-order valence-corrected chi connectivity index (χ3v) is 5.20. The Morgan fingerprint density at radius 3 is 2.54 bits per heavy atom. The number of carbonyl (C=O) groups excluding carboxylic acids is 1. The molecule has 0 bridgehead atoms. The van der Waals surface area contributed by atoms with E-state index in [0.717, 1.165) is 11.3 Å². The van der Waals surface area contributed by atoms with Crippen LogP contribution >= 0.6 is 35.6 Å². The summed E-state index contributed by atoms with van der Waals surface area (Å²) in [6.45, 7) is 1.81. The summed E-state index contributed by atoms with van der Waals surface area (Å²) < 4.78 is 1.67. The first kappa shape index (κ1) is 20.3. The number of benzene rings is 2. The Hall–Kier alpha value is -2.42. The summed E-state index contributed by atoms with van der Waals surface area (Å²) in [7, 11) is 0. The van der Waals surface area contributed by atoms with Gasteiger partial charge in [-0.1, -0.05) is 65.8 Å². The first-order valence-electron chi connectivity index (χ1n) is 8.45. The van der Waals surface area contributed by atoms with E-state index < -0.39 is 0 Å². The van der Waals surface area contributed by atoms with Crippen LogP contribution in [0.15, 0.2) is 59.8 Å². The molecule has 3 rings (SSSR count). The van der Waals surface area contributed by atoms with Crippen molar-refractivity contribution in [1.29, 1.82) is 0 Å². The molecule has 3 aromatic rings. The smallest absolute Gasteiger partial charge is 0.230 e. The molecule has 6 nitrogen and oxygen atoms in total. The van der Waals surface area contributed by atoms with Crippen LogP contribution in [0.1, 0.15) is 17.0 Å². The Bertz CT molecular complexity index is 960. The summed E-state index contributed by atoms with van der Waals surface area (Å²) in [6.07, 6.45) is 0.204. The van der Waals surface area contributed by atoms with Gasteiger partial charge in [-0.3, -0.25) is 10.2 Å². The predicted molar refractivity (Wildman–Crippen MR) is 116 cm³/mol. The fourth-order valence-corrected chi connectivity index (χ4v) is 3.60. The number of aryl methyl sites for hydroxylation is 1. The van der Waals surface area contributed by atoms with Gasteiger partial charge in [0.05, 0.1) is 6.42 Å². The zero-order valence-electron chi connectivity index (χ0n) is 15.1. The first-order chi connectivity index (χ1) is 13.5. The topological polar surface area (TPSA) is 71.8 Å². The Labute approximate surface area is 177 Å². The van der Waals surface area contributed by atoms with Crippen LogP contribution in [0.4, 0.5) is 0 Å². The van der Waals surface area contributed by atoms with Crippen molar-refractivity contribution in [1.82, 2.24) is 20.2 Å². The van der Waals surface area contributed by atoms with Gasteiger partial charge in [-0.05, 0) is 42.4 Å². The standard InChI is InChI=1S/C19H18ClN5OS2/c1-13-22-23-19(28-12-15-5-3-2-4-6-15)25(13)24-18(27)21-17(26)11-14-7-9-16(20)10-8-14/h2-10H,11-12H2,1H3,(H2,21,24,26,27). The first-order valence-corrected chi connectivity index (χ1v) is 10.2. The van der Waals surface area contributed by atoms with Gasteiger partial charge in [0.2, 0.25) is 11.1 Å². The maximum Gasteiger partial charge on any atom is 0.230 e. The zero-order valence-corrected chi connectivity index (χ0v) is 17.4. The van der Waals surface area contributed by atoms with Crippen LogP contribution < -0.4 is 10.7 Å². The second-order valence-corrected chi connectivity index (χ2v) is 7.72. The molecule has 0 aliphatic rings. The number of hydrogen-bond acceptors (Lipinski definition) is 5. The predicted octanol–water partition coefficient (Wildman–Crippen LogP) is 3.72. The van der Waals surface area contributed by atoms with E-state index in [4.69, 9.17) is 23.8 Å². The minimum Gasteiger partial charge on any atom is -0.302 e. The van der Waals surface area contributed by atoms with Crippen LogP contribution in [0.2, 0.25) is 5.02 Å². The zero-order chi connectivity index (χ0) is 19.9. The Kier molecular flexibility index (Phi) is 7.02. The summed E-state index contributed by atoms with van der Waals surface area (Å²) >= 11 is 12.6. The number of thioether (sulfide) groups is 1. The highest BCUT2D eigenvalue weighted by molar-refractivity contribution is 7.98. The average Bonchev–Trinajstić information content (AvgIpc) is 3.02. The molecule has 144 valence electrons. The van der Waals surface area contributed by atoms with E-state index >= 15 is 0 Å². The molecule has 9 heteroatoms. The number of carbonyl (C=O) groups is 1. The molecule has 0 unspecified atom stereocenters. The highest BCUT2D eigenvalue weighted by atomic mass is 35.5. The molecule has 2 N–H and O–H groups in total. The molecule has 1 aromatic heterocycles. The van der Waals surface area contributed by atoms with Gasteiger partial charge in [0, 0.05) is 10.8 Å². The molecule has 0 saturated heterocycles. The van der Waals surface area contributed by atoms with Crippen molar-refractivity contribution in [2.75, 3.05) is 5.43 Å². The Morgan fingerprint density at radius 2 is 1.82 bits per heavy atom. The number of nitrogens with one attached hydrogen (secondary N) is 2. The molecule has 0 saturated carbocycles. The van der Waals surface area contributed by atoms with Crippen LogP contribution in [-0.4, -0.2) is 25.9 Å². The fraction of sp³-hybridized carbons (Fsp3) is 0.158. The largest absolute Gasteiger partial charge is 0.302 e. The molecule has 0 radical (unpaired) electrons. The molecule has 1 heterocycles. The molecule has 28 heavy (non-hydrogen) atoms.